The van der Waals surface area contributed by atoms with Crippen LogP contribution in [0.25, 0.3) is 0 Å². The van der Waals surface area contributed by atoms with Gasteiger partial charge in [-0.25, -0.2) is 4.90 Å². The zero-order valence-electron chi connectivity index (χ0n) is 15.7. The Bertz CT molecular complexity index is 735. The lowest BCUT2D eigenvalue weighted by atomic mass is 9.81. The average Bonchev–Trinajstić information content (AvgIpc) is 2.93. The first-order valence-corrected chi connectivity index (χ1v) is 9.95. The summed E-state index contributed by atoms with van der Waals surface area (Å²) in [5.41, 5.74) is -0.0798. The molecule has 1 aliphatic carbocycles. The van der Waals surface area contributed by atoms with Gasteiger partial charge in [0.2, 0.25) is 11.8 Å². The molecule has 1 aromatic rings. The molecule has 5 nitrogen and oxygen atoms in total. The van der Waals surface area contributed by atoms with E-state index < -0.39 is 11.7 Å². The van der Waals surface area contributed by atoms with Gasteiger partial charge in [0.15, 0.2) is 6.67 Å². The number of nitrogens with zero attached hydrogens (tertiary/aromatic N) is 2. The Morgan fingerprint density at radius 2 is 1.61 bits per heavy atom. The quantitative estimate of drug-likeness (QED) is 0.789. The summed E-state index contributed by atoms with van der Waals surface area (Å²) >= 11 is 0. The van der Waals surface area contributed by atoms with Crippen LogP contribution in [0, 0.1) is 11.8 Å². The van der Waals surface area contributed by atoms with Crippen molar-refractivity contribution in [2.45, 2.75) is 31.9 Å². The molecule has 2 amide bonds. The molecule has 2 atom stereocenters. The number of imide groups is 1. The van der Waals surface area contributed by atoms with E-state index in [9.17, 15) is 22.8 Å². The molecule has 8 heteroatoms. The molecular weight excluding hydrogens is 371 g/mol. The highest BCUT2D eigenvalue weighted by Crippen LogP contribution is 2.37. The Morgan fingerprint density at radius 1 is 1.00 bits per heavy atom. The number of halogens is 3. The van der Waals surface area contributed by atoms with Gasteiger partial charge in [-0.1, -0.05) is 18.9 Å². The second-order valence-electron chi connectivity index (χ2n) is 8.05. The van der Waals surface area contributed by atoms with Gasteiger partial charge in [0.1, 0.15) is 0 Å². The highest BCUT2D eigenvalue weighted by Gasteiger charge is 2.49. The van der Waals surface area contributed by atoms with Crippen LogP contribution >= 0.6 is 0 Å². The predicted molar refractivity (Wildman–Crippen MR) is 96.5 cm³/mol. The number of amides is 2. The molecule has 2 saturated heterocycles. The highest BCUT2D eigenvalue weighted by molar-refractivity contribution is 6.05. The van der Waals surface area contributed by atoms with Crippen LogP contribution in [0.4, 0.5) is 18.9 Å². The summed E-state index contributed by atoms with van der Waals surface area (Å²) in [4.78, 5) is 29.7. The minimum atomic E-state index is -4.35. The van der Waals surface area contributed by atoms with E-state index in [1.54, 1.807) is 6.07 Å². The summed E-state index contributed by atoms with van der Waals surface area (Å²) in [5.74, 6) is -0.316. The van der Waals surface area contributed by atoms with E-state index in [2.05, 4.69) is 0 Å². The van der Waals surface area contributed by atoms with E-state index in [1.807, 2.05) is 4.90 Å². The molecule has 152 valence electrons. The van der Waals surface area contributed by atoms with E-state index in [1.165, 1.54) is 17.0 Å². The third-order valence-electron chi connectivity index (χ3n) is 6.32. The van der Waals surface area contributed by atoms with Crippen molar-refractivity contribution in [2.75, 3.05) is 37.7 Å². The summed E-state index contributed by atoms with van der Waals surface area (Å²) in [7, 11) is 0. The third-order valence-corrected chi connectivity index (χ3v) is 6.32. The fourth-order valence-electron chi connectivity index (χ4n) is 4.73. The molecule has 3 aliphatic rings. The van der Waals surface area contributed by atoms with Crippen molar-refractivity contribution in [3.05, 3.63) is 29.8 Å². The second kappa shape index (κ2) is 7.39. The number of anilines is 1. The zero-order valence-corrected chi connectivity index (χ0v) is 15.7. The molecule has 28 heavy (non-hydrogen) atoms. The van der Waals surface area contributed by atoms with E-state index in [4.69, 9.17) is 0 Å². The molecule has 4 rings (SSSR count). The number of carbonyl (C=O) groups is 2. The van der Waals surface area contributed by atoms with Gasteiger partial charge in [-0.15, -0.1) is 0 Å². The van der Waals surface area contributed by atoms with Crippen molar-refractivity contribution in [3.8, 4) is 0 Å². The van der Waals surface area contributed by atoms with E-state index in [0.29, 0.717) is 38.5 Å². The normalized spacial score (nSPS) is 26.7. The number of benzene rings is 1. The molecule has 0 aromatic heterocycles. The third kappa shape index (κ3) is 3.62. The van der Waals surface area contributed by atoms with Crippen molar-refractivity contribution < 1.29 is 27.7 Å². The maximum absolute atomic E-state index is 12.9. The maximum atomic E-state index is 12.9. The minimum Gasteiger partial charge on any atom is -0.360 e. The Morgan fingerprint density at radius 3 is 2.18 bits per heavy atom. The lowest BCUT2D eigenvalue weighted by Gasteiger charge is -2.35. The van der Waals surface area contributed by atoms with E-state index >= 15 is 0 Å². The number of hydrogen-bond donors (Lipinski definition) is 1. The second-order valence-corrected chi connectivity index (χ2v) is 8.05. The van der Waals surface area contributed by atoms with Crippen molar-refractivity contribution >= 4 is 17.5 Å². The van der Waals surface area contributed by atoms with Gasteiger partial charge in [0.05, 0.1) is 43.6 Å². The fourth-order valence-corrected chi connectivity index (χ4v) is 4.73. The molecular formula is C20H25F3N3O2+. The number of fused-ring (bicyclic) bond motifs is 1. The molecule has 1 aromatic carbocycles. The molecule has 0 radical (unpaired) electrons. The van der Waals surface area contributed by atoms with Gasteiger partial charge in [-0.05, 0) is 31.0 Å². The molecule has 1 saturated carbocycles. The molecule has 2 heterocycles. The smallest absolute Gasteiger partial charge is 0.360 e. The summed E-state index contributed by atoms with van der Waals surface area (Å²) < 4.78 is 38.8. The van der Waals surface area contributed by atoms with Crippen LogP contribution in [0.5, 0.6) is 0 Å². The Balaban J connectivity index is 1.36. The molecule has 0 unspecified atom stereocenters. The highest BCUT2D eigenvalue weighted by atomic mass is 19.4. The van der Waals surface area contributed by atoms with Crippen LogP contribution in [0.2, 0.25) is 0 Å². The first kappa shape index (κ1) is 19.2. The Hall–Kier alpha value is -2.09. The molecule has 3 fully saturated rings. The maximum Gasteiger partial charge on any atom is 0.416 e. The number of nitrogens with one attached hydrogen (secondary N) is 1. The zero-order chi connectivity index (χ0) is 19.9. The van der Waals surface area contributed by atoms with Gasteiger partial charge in [-0.3, -0.25) is 9.59 Å². The Labute approximate surface area is 162 Å². The first-order chi connectivity index (χ1) is 13.3. The minimum absolute atomic E-state index is 0.0255. The number of piperazine rings is 1. The topological polar surface area (TPSA) is 45.1 Å². The number of alkyl halides is 3. The molecule has 2 aliphatic heterocycles. The van der Waals surface area contributed by atoms with Gasteiger partial charge in [0, 0.05) is 5.69 Å². The van der Waals surface area contributed by atoms with Gasteiger partial charge in [0.25, 0.3) is 0 Å². The van der Waals surface area contributed by atoms with Crippen molar-refractivity contribution in [2.24, 2.45) is 11.8 Å². The lowest BCUT2D eigenvalue weighted by Crippen LogP contribution is -3.16. The van der Waals surface area contributed by atoms with E-state index in [-0.39, 0.29) is 23.7 Å². The molecule has 0 spiro atoms. The summed E-state index contributed by atoms with van der Waals surface area (Å²) in [5, 5.41) is 0. The fraction of sp³-hybridized carbons (Fsp3) is 0.600. The Kier molecular flexibility index (Phi) is 5.07. The van der Waals surface area contributed by atoms with Crippen LogP contribution < -0.4 is 9.80 Å². The lowest BCUT2D eigenvalue weighted by molar-refractivity contribution is -0.908. The average molecular weight is 396 g/mol. The van der Waals surface area contributed by atoms with Crippen LogP contribution in [0.15, 0.2) is 24.3 Å². The number of carbonyl (C=O) groups excluding carboxylic acids is 2. The standard InChI is InChI=1S/C20H24F3N3O2/c21-20(22,23)14-4-3-5-15(12-14)25-10-8-24(9-11-25)13-26-18(27)16-6-1-2-7-17(16)19(26)28/h3-5,12,16-17H,1-2,6-11,13H2/p+1/t16-,17-/m0/s1. The molecule has 1 N–H and O–H groups in total. The van der Waals surface area contributed by atoms with Crippen LogP contribution in [-0.4, -0.2) is 49.6 Å². The number of rotatable bonds is 3. The van der Waals surface area contributed by atoms with Crippen molar-refractivity contribution in [1.82, 2.24) is 4.90 Å². The van der Waals surface area contributed by atoms with E-state index in [0.717, 1.165) is 36.6 Å². The van der Waals surface area contributed by atoms with Gasteiger partial charge in [-0.2, -0.15) is 13.2 Å². The predicted octanol–water partition coefficient (Wildman–Crippen LogP) is 1.54. The van der Waals surface area contributed by atoms with Crippen LogP contribution in [0.3, 0.4) is 0 Å². The van der Waals surface area contributed by atoms with Crippen LogP contribution in [-0.2, 0) is 15.8 Å². The number of hydrogen-bond acceptors (Lipinski definition) is 3. The monoisotopic (exact) mass is 396 g/mol. The summed E-state index contributed by atoms with van der Waals surface area (Å²) in [6, 6.07) is 5.39. The van der Waals surface area contributed by atoms with Crippen LogP contribution in [0.1, 0.15) is 31.2 Å². The number of quaternary nitrogens is 1. The first-order valence-electron chi connectivity index (χ1n) is 9.95. The number of likely N-dealkylation sites (tertiary alicyclic amines) is 1. The van der Waals surface area contributed by atoms with Crippen molar-refractivity contribution in [3.63, 3.8) is 0 Å². The van der Waals surface area contributed by atoms with Crippen molar-refractivity contribution in [1.29, 1.82) is 0 Å². The largest absolute Gasteiger partial charge is 0.416 e. The summed E-state index contributed by atoms with van der Waals surface area (Å²) in [6.45, 7) is 2.94. The van der Waals surface area contributed by atoms with Gasteiger partial charge >= 0.3 is 6.18 Å². The molecule has 0 bridgehead atoms. The van der Waals surface area contributed by atoms with Gasteiger partial charge < -0.3 is 9.80 Å². The SMILES string of the molecule is O=C1[C@H]2CCCC[C@@H]2C(=O)N1C[NH+]1CCN(c2cccc(C(F)(F)F)c2)CC1. The summed E-state index contributed by atoms with van der Waals surface area (Å²) in [6.07, 6.45) is -0.710.